The van der Waals surface area contributed by atoms with Crippen molar-refractivity contribution in [3.8, 4) is 5.69 Å². The van der Waals surface area contributed by atoms with Crippen LogP contribution in [-0.2, 0) is 4.74 Å². The Hall–Kier alpha value is -1.92. The van der Waals surface area contributed by atoms with E-state index in [0.717, 1.165) is 24.9 Å². The Morgan fingerprint density at radius 3 is 2.83 bits per heavy atom. The van der Waals surface area contributed by atoms with Gasteiger partial charge in [-0.1, -0.05) is 29.7 Å². The average Bonchev–Trinajstić information content (AvgIpc) is 3.11. The fourth-order valence-electron chi connectivity index (χ4n) is 3.58. The van der Waals surface area contributed by atoms with Crippen molar-refractivity contribution in [2.24, 2.45) is 0 Å². The summed E-state index contributed by atoms with van der Waals surface area (Å²) in [5.41, 5.74) is 1.19. The molecule has 126 valence electrons. The van der Waals surface area contributed by atoms with Gasteiger partial charge in [0.05, 0.1) is 30.6 Å². The molecule has 0 unspecified atom stereocenters. The highest BCUT2D eigenvalue weighted by Crippen LogP contribution is 2.29. The smallest absolute Gasteiger partial charge is 0.276 e. The number of carbonyl (C=O) groups is 1. The largest absolute Gasteiger partial charge is 0.374 e. The number of fused-ring (bicyclic) bond motifs is 1. The summed E-state index contributed by atoms with van der Waals surface area (Å²) in [5.74, 6) is -0.0598. The number of hydrogen-bond acceptors (Lipinski definition) is 4. The van der Waals surface area contributed by atoms with Crippen molar-refractivity contribution in [3.63, 3.8) is 0 Å². The van der Waals surface area contributed by atoms with Gasteiger partial charge in [0, 0.05) is 11.6 Å². The minimum Gasteiger partial charge on any atom is -0.374 e. The van der Waals surface area contributed by atoms with Crippen LogP contribution in [0.15, 0.2) is 30.5 Å². The van der Waals surface area contributed by atoms with Gasteiger partial charge in [-0.05, 0) is 37.1 Å². The van der Waals surface area contributed by atoms with Crippen molar-refractivity contribution in [1.29, 1.82) is 0 Å². The lowest BCUT2D eigenvalue weighted by Gasteiger charge is -2.43. The number of rotatable bonds is 2. The van der Waals surface area contributed by atoms with Crippen LogP contribution in [0, 0.1) is 0 Å². The number of nitrogens with zero attached hydrogens (tertiary/aromatic N) is 4. The standard InChI is InChI=1S/C17H19ClN4O2/c18-12-5-7-13(8-6-12)22-11-14(19-20-22)17(23)21-9-10-24-16-4-2-1-3-15(16)21/h5-8,11,15-16H,1-4,9-10H2/t15-,16-/m0/s1. The first-order valence-corrected chi connectivity index (χ1v) is 8.71. The second-order valence-corrected chi connectivity index (χ2v) is 6.72. The number of hydrogen-bond donors (Lipinski definition) is 0. The summed E-state index contributed by atoms with van der Waals surface area (Å²) >= 11 is 5.90. The molecule has 1 saturated carbocycles. The summed E-state index contributed by atoms with van der Waals surface area (Å²) in [6, 6.07) is 7.43. The van der Waals surface area contributed by atoms with Gasteiger partial charge in [-0.15, -0.1) is 5.10 Å². The molecule has 4 rings (SSSR count). The third kappa shape index (κ3) is 2.91. The summed E-state index contributed by atoms with van der Waals surface area (Å²) in [5, 5.41) is 8.82. The van der Waals surface area contributed by atoms with Crippen molar-refractivity contribution in [2.75, 3.05) is 13.2 Å². The van der Waals surface area contributed by atoms with Crippen LogP contribution in [0.5, 0.6) is 0 Å². The molecule has 1 aliphatic heterocycles. The maximum absolute atomic E-state index is 12.9. The van der Waals surface area contributed by atoms with Crippen LogP contribution in [-0.4, -0.2) is 51.1 Å². The summed E-state index contributed by atoms with van der Waals surface area (Å²) in [7, 11) is 0. The SMILES string of the molecule is O=C(c1cn(-c2ccc(Cl)cc2)nn1)N1CCO[C@H]2CCCC[C@@H]21. The van der Waals surface area contributed by atoms with Crippen molar-refractivity contribution >= 4 is 17.5 Å². The van der Waals surface area contributed by atoms with E-state index in [9.17, 15) is 4.79 Å². The second kappa shape index (κ2) is 6.53. The molecule has 0 N–H and O–H groups in total. The first kappa shape index (κ1) is 15.6. The van der Waals surface area contributed by atoms with E-state index in [1.807, 2.05) is 17.0 Å². The minimum absolute atomic E-state index is 0.0598. The lowest BCUT2D eigenvalue weighted by atomic mass is 9.90. The van der Waals surface area contributed by atoms with Gasteiger partial charge in [-0.25, -0.2) is 4.68 Å². The van der Waals surface area contributed by atoms with Gasteiger partial charge in [0.1, 0.15) is 0 Å². The Bertz CT molecular complexity index is 728. The number of amides is 1. The van der Waals surface area contributed by atoms with Crippen molar-refractivity contribution < 1.29 is 9.53 Å². The van der Waals surface area contributed by atoms with Crippen LogP contribution < -0.4 is 0 Å². The first-order chi connectivity index (χ1) is 11.7. The molecule has 0 radical (unpaired) electrons. The van der Waals surface area contributed by atoms with Gasteiger partial charge in [-0.3, -0.25) is 4.79 Å². The molecule has 2 aliphatic rings. The molecule has 1 aromatic carbocycles. The van der Waals surface area contributed by atoms with E-state index in [1.54, 1.807) is 23.0 Å². The molecule has 2 heterocycles. The van der Waals surface area contributed by atoms with Crippen molar-refractivity contribution in [1.82, 2.24) is 19.9 Å². The van der Waals surface area contributed by atoms with Crippen LogP contribution in [0.4, 0.5) is 0 Å². The molecule has 0 bridgehead atoms. The fraction of sp³-hybridized carbons (Fsp3) is 0.471. The van der Waals surface area contributed by atoms with Gasteiger partial charge in [-0.2, -0.15) is 0 Å². The quantitative estimate of drug-likeness (QED) is 0.838. The molecule has 7 heteroatoms. The number of morpholine rings is 1. The topological polar surface area (TPSA) is 60.2 Å². The zero-order chi connectivity index (χ0) is 16.5. The van der Waals surface area contributed by atoms with E-state index in [-0.39, 0.29) is 18.1 Å². The van der Waals surface area contributed by atoms with E-state index in [0.29, 0.717) is 23.9 Å². The molecule has 1 saturated heterocycles. The summed E-state index contributed by atoms with van der Waals surface area (Å²) < 4.78 is 7.44. The minimum atomic E-state index is -0.0598. The van der Waals surface area contributed by atoms with E-state index in [4.69, 9.17) is 16.3 Å². The maximum atomic E-state index is 12.9. The third-order valence-electron chi connectivity index (χ3n) is 4.80. The number of halogens is 1. The van der Waals surface area contributed by atoms with Crippen LogP contribution in [0.3, 0.4) is 0 Å². The van der Waals surface area contributed by atoms with Crippen LogP contribution >= 0.6 is 11.6 Å². The number of benzene rings is 1. The predicted molar refractivity (Wildman–Crippen MR) is 89.4 cm³/mol. The van der Waals surface area contributed by atoms with Crippen LogP contribution in [0.2, 0.25) is 5.02 Å². The normalized spacial score (nSPS) is 23.8. The lowest BCUT2D eigenvalue weighted by Crippen LogP contribution is -2.54. The number of ether oxygens (including phenoxy) is 1. The summed E-state index contributed by atoms with van der Waals surface area (Å²) in [6.45, 7) is 1.21. The highest BCUT2D eigenvalue weighted by Gasteiger charge is 2.37. The summed E-state index contributed by atoms with van der Waals surface area (Å²) in [4.78, 5) is 14.8. The Kier molecular flexibility index (Phi) is 4.24. The van der Waals surface area contributed by atoms with Crippen molar-refractivity contribution in [3.05, 3.63) is 41.2 Å². The van der Waals surface area contributed by atoms with Gasteiger partial charge in [0.25, 0.3) is 5.91 Å². The zero-order valence-corrected chi connectivity index (χ0v) is 14.0. The highest BCUT2D eigenvalue weighted by molar-refractivity contribution is 6.30. The van der Waals surface area contributed by atoms with Gasteiger partial charge >= 0.3 is 0 Å². The molecule has 2 atom stereocenters. The highest BCUT2D eigenvalue weighted by atomic mass is 35.5. The lowest BCUT2D eigenvalue weighted by molar-refractivity contribution is -0.0754. The second-order valence-electron chi connectivity index (χ2n) is 6.28. The molecule has 1 aromatic heterocycles. The molecule has 1 amide bonds. The Morgan fingerprint density at radius 1 is 1.21 bits per heavy atom. The fourth-order valence-corrected chi connectivity index (χ4v) is 3.70. The molecule has 0 spiro atoms. The molecule has 2 aromatic rings. The average molecular weight is 347 g/mol. The molecular formula is C17H19ClN4O2. The molecule has 1 aliphatic carbocycles. The van der Waals surface area contributed by atoms with E-state index >= 15 is 0 Å². The number of carbonyl (C=O) groups excluding carboxylic acids is 1. The molecule has 24 heavy (non-hydrogen) atoms. The Labute approximate surface area is 145 Å². The van der Waals surface area contributed by atoms with Gasteiger partial charge in [0.2, 0.25) is 0 Å². The molecular weight excluding hydrogens is 328 g/mol. The van der Waals surface area contributed by atoms with Crippen LogP contribution in [0.25, 0.3) is 5.69 Å². The monoisotopic (exact) mass is 346 g/mol. The molecule has 2 fully saturated rings. The van der Waals surface area contributed by atoms with E-state index in [1.165, 1.54) is 6.42 Å². The van der Waals surface area contributed by atoms with Gasteiger partial charge in [0.15, 0.2) is 5.69 Å². The first-order valence-electron chi connectivity index (χ1n) is 8.33. The predicted octanol–water partition coefficient (Wildman–Crippen LogP) is 2.70. The Balaban J connectivity index is 1.55. The van der Waals surface area contributed by atoms with E-state index in [2.05, 4.69) is 10.3 Å². The number of aromatic nitrogens is 3. The third-order valence-corrected chi connectivity index (χ3v) is 5.05. The van der Waals surface area contributed by atoms with Gasteiger partial charge < -0.3 is 9.64 Å². The summed E-state index contributed by atoms with van der Waals surface area (Å²) in [6.07, 6.45) is 6.21. The maximum Gasteiger partial charge on any atom is 0.276 e. The molecule has 6 nitrogen and oxygen atoms in total. The Morgan fingerprint density at radius 2 is 2.00 bits per heavy atom. The van der Waals surface area contributed by atoms with Crippen molar-refractivity contribution in [2.45, 2.75) is 37.8 Å². The van der Waals surface area contributed by atoms with Crippen LogP contribution in [0.1, 0.15) is 36.2 Å². The zero-order valence-electron chi connectivity index (χ0n) is 13.3. The van der Waals surface area contributed by atoms with E-state index < -0.39 is 0 Å².